The first-order valence-electron chi connectivity index (χ1n) is 9.69. The van der Waals surface area contributed by atoms with Crippen LogP contribution in [-0.2, 0) is 13.1 Å². The summed E-state index contributed by atoms with van der Waals surface area (Å²) in [5.74, 6) is 0.0537. The van der Waals surface area contributed by atoms with E-state index in [1.165, 1.54) is 5.56 Å². The molecule has 0 fully saturated rings. The smallest absolute Gasteiger partial charge is 0.258 e. The van der Waals surface area contributed by atoms with E-state index in [4.69, 9.17) is 0 Å². The largest absolute Gasteiger partial charge is 0.307 e. The Balaban J connectivity index is 1.62. The van der Waals surface area contributed by atoms with Crippen molar-refractivity contribution in [2.45, 2.75) is 26.9 Å². The molecule has 5 heteroatoms. The number of anilines is 1. The fraction of sp³-hybridized carbons (Fsp3) is 0.304. The topological polar surface area (TPSA) is 41.4 Å². The van der Waals surface area contributed by atoms with Crippen molar-refractivity contribution in [2.24, 2.45) is 0 Å². The lowest BCUT2D eigenvalue weighted by atomic mass is 10.1. The van der Waals surface area contributed by atoms with Crippen LogP contribution in [0.25, 0.3) is 0 Å². The van der Waals surface area contributed by atoms with Crippen LogP contribution in [0.5, 0.6) is 0 Å². The van der Waals surface area contributed by atoms with E-state index < -0.39 is 0 Å². The first kappa shape index (κ1) is 18.4. The molecule has 144 valence electrons. The molecule has 1 aliphatic heterocycles. The van der Waals surface area contributed by atoms with Gasteiger partial charge >= 0.3 is 0 Å². The first-order valence-corrected chi connectivity index (χ1v) is 9.69. The lowest BCUT2D eigenvalue weighted by Gasteiger charge is -2.23. The molecule has 0 bridgehead atoms. The number of amides is 1. The first-order chi connectivity index (χ1) is 13.5. The summed E-state index contributed by atoms with van der Waals surface area (Å²) >= 11 is 0. The van der Waals surface area contributed by atoms with E-state index in [0.717, 1.165) is 41.3 Å². The van der Waals surface area contributed by atoms with E-state index in [1.807, 2.05) is 52.9 Å². The second-order valence-electron chi connectivity index (χ2n) is 7.61. The van der Waals surface area contributed by atoms with Crippen LogP contribution in [0.3, 0.4) is 0 Å². The number of carbonyl (C=O) groups is 1. The summed E-state index contributed by atoms with van der Waals surface area (Å²) in [6, 6.07) is 18.2. The van der Waals surface area contributed by atoms with Gasteiger partial charge in [-0.05, 0) is 56.3 Å². The van der Waals surface area contributed by atoms with Crippen molar-refractivity contribution < 1.29 is 4.79 Å². The molecular weight excluding hydrogens is 348 g/mol. The van der Waals surface area contributed by atoms with Crippen molar-refractivity contribution in [2.75, 3.05) is 25.0 Å². The van der Waals surface area contributed by atoms with Gasteiger partial charge in [-0.1, -0.05) is 30.3 Å². The molecule has 28 heavy (non-hydrogen) atoms. The third-order valence-corrected chi connectivity index (χ3v) is 5.28. The molecule has 0 radical (unpaired) electrons. The van der Waals surface area contributed by atoms with Crippen LogP contribution < -0.4 is 4.90 Å². The molecule has 0 unspecified atom stereocenters. The highest BCUT2D eigenvalue weighted by Gasteiger charge is 2.23. The Labute approximate surface area is 166 Å². The Bertz CT molecular complexity index is 1010. The molecular formula is C23H26N4O. The minimum Gasteiger partial charge on any atom is -0.307 e. The quantitative estimate of drug-likeness (QED) is 0.703. The number of nitrogens with zero attached hydrogens (tertiary/aromatic N) is 4. The summed E-state index contributed by atoms with van der Waals surface area (Å²) < 4.78 is 1.98. The fourth-order valence-electron chi connectivity index (χ4n) is 3.85. The third kappa shape index (κ3) is 3.71. The summed E-state index contributed by atoms with van der Waals surface area (Å²) in [4.78, 5) is 17.6. The predicted octanol–water partition coefficient (Wildman–Crippen LogP) is 3.64. The second kappa shape index (κ2) is 7.60. The number of para-hydroxylation sites is 1. The normalized spacial score (nSPS) is 14.6. The van der Waals surface area contributed by atoms with Crippen LogP contribution in [0.1, 0.15) is 32.9 Å². The van der Waals surface area contributed by atoms with Gasteiger partial charge in [0.05, 0.1) is 12.2 Å². The molecule has 0 aliphatic carbocycles. The molecule has 0 atom stereocenters. The molecule has 1 amide bonds. The Morgan fingerprint density at radius 3 is 2.64 bits per heavy atom. The molecule has 0 saturated heterocycles. The summed E-state index contributed by atoms with van der Waals surface area (Å²) in [6.45, 7) is 7.12. The highest BCUT2D eigenvalue weighted by Crippen LogP contribution is 2.26. The highest BCUT2D eigenvalue weighted by atomic mass is 16.2. The lowest BCUT2D eigenvalue weighted by Crippen LogP contribution is -2.35. The maximum absolute atomic E-state index is 13.4. The highest BCUT2D eigenvalue weighted by molar-refractivity contribution is 6.06. The van der Waals surface area contributed by atoms with Crippen molar-refractivity contribution in [3.05, 3.63) is 82.7 Å². The van der Waals surface area contributed by atoms with Gasteiger partial charge in [0.1, 0.15) is 0 Å². The molecule has 1 aliphatic rings. The molecule has 0 N–H and O–H groups in total. The van der Waals surface area contributed by atoms with E-state index in [2.05, 4.69) is 42.2 Å². The van der Waals surface area contributed by atoms with E-state index >= 15 is 0 Å². The maximum atomic E-state index is 13.4. The summed E-state index contributed by atoms with van der Waals surface area (Å²) in [6.07, 6.45) is 0. The summed E-state index contributed by atoms with van der Waals surface area (Å²) in [5.41, 5.74) is 6.14. The third-order valence-electron chi connectivity index (χ3n) is 5.28. The number of likely N-dealkylation sites (N-methyl/N-ethyl adjacent to an activating group) is 1. The Morgan fingerprint density at radius 2 is 1.86 bits per heavy atom. The van der Waals surface area contributed by atoms with Crippen molar-refractivity contribution in [3.63, 3.8) is 0 Å². The molecule has 1 aromatic heterocycles. The van der Waals surface area contributed by atoms with Crippen LogP contribution >= 0.6 is 0 Å². The average Bonchev–Trinajstić information content (AvgIpc) is 2.89. The van der Waals surface area contributed by atoms with Gasteiger partial charge in [0, 0.05) is 36.6 Å². The van der Waals surface area contributed by atoms with Gasteiger partial charge < -0.3 is 9.80 Å². The Kier molecular flexibility index (Phi) is 5.01. The number of aromatic nitrogens is 2. The standard InChI is InChI=1S/C23H26N4O/c1-17-13-18(2)27(24-17)15-19-7-6-9-20(14-19)23(28)26-12-11-25(3)16-21-8-4-5-10-22(21)26/h4-10,13-14H,11-12,15-16H2,1-3H3. The van der Waals surface area contributed by atoms with E-state index in [1.54, 1.807) is 0 Å². The van der Waals surface area contributed by atoms with Gasteiger partial charge in [-0.2, -0.15) is 5.10 Å². The van der Waals surface area contributed by atoms with Crippen molar-refractivity contribution in [1.29, 1.82) is 0 Å². The number of carbonyl (C=O) groups excluding carboxylic acids is 1. The number of hydrogen-bond donors (Lipinski definition) is 0. The van der Waals surface area contributed by atoms with Crippen LogP contribution in [0.15, 0.2) is 54.6 Å². The van der Waals surface area contributed by atoms with Gasteiger partial charge in [-0.3, -0.25) is 9.48 Å². The zero-order chi connectivity index (χ0) is 19.7. The van der Waals surface area contributed by atoms with Crippen molar-refractivity contribution in [1.82, 2.24) is 14.7 Å². The van der Waals surface area contributed by atoms with Gasteiger partial charge in [0.2, 0.25) is 0 Å². The SMILES string of the molecule is Cc1cc(C)n(Cc2cccc(C(=O)N3CCN(C)Cc4ccccc43)c2)n1. The minimum absolute atomic E-state index is 0.0537. The number of fused-ring (bicyclic) bond motifs is 1. The van der Waals surface area contributed by atoms with E-state index in [9.17, 15) is 4.79 Å². The second-order valence-corrected chi connectivity index (χ2v) is 7.61. The predicted molar refractivity (Wildman–Crippen MR) is 112 cm³/mol. The van der Waals surface area contributed by atoms with E-state index in [-0.39, 0.29) is 5.91 Å². The molecule has 2 heterocycles. The number of aryl methyl sites for hydroxylation is 2. The number of benzene rings is 2. The average molecular weight is 374 g/mol. The zero-order valence-corrected chi connectivity index (χ0v) is 16.7. The monoisotopic (exact) mass is 374 g/mol. The lowest BCUT2D eigenvalue weighted by molar-refractivity contribution is 0.0986. The van der Waals surface area contributed by atoms with E-state index in [0.29, 0.717) is 13.1 Å². The van der Waals surface area contributed by atoms with Gasteiger partial charge in [-0.25, -0.2) is 0 Å². The molecule has 2 aromatic carbocycles. The Morgan fingerprint density at radius 1 is 1.04 bits per heavy atom. The van der Waals surface area contributed by atoms with Crippen molar-refractivity contribution in [3.8, 4) is 0 Å². The van der Waals surface area contributed by atoms with Gasteiger partial charge in [-0.15, -0.1) is 0 Å². The van der Waals surface area contributed by atoms with Crippen LogP contribution in [0.4, 0.5) is 5.69 Å². The minimum atomic E-state index is 0.0537. The van der Waals surface area contributed by atoms with Gasteiger partial charge in [0.15, 0.2) is 0 Å². The van der Waals surface area contributed by atoms with Gasteiger partial charge in [0.25, 0.3) is 5.91 Å². The van der Waals surface area contributed by atoms with Crippen molar-refractivity contribution >= 4 is 11.6 Å². The molecule has 0 saturated carbocycles. The molecule has 0 spiro atoms. The van der Waals surface area contributed by atoms with Crippen LogP contribution in [0.2, 0.25) is 0 Å². The number of hydrogen-bond acceptors (Lipinski definition) is 3. The summed E-state index contributed by atoms with van der Waals surface area (Å²) in [7, 11) is 2.10. The summed E-state index contributed by atoms with van der Waals surface area (Å²) in [5, 5.41) is 4.54. The fourth-order valence-corrected chi connectivity index (χ4v) is 3.85. The van der Waals surface area contributed by atoms with Crippen LogP contribution in [0, 0.1) is 13.8 Å². The molecule has 4 rings (SSSR count). The number of rotatable bonds is 3. The van der Waals surface area contributed by atoms with Crippen LogP contribution in [-0.4, -0.2) is 40.7 Å². The maximum Gasteiger partial charge on any atom is 0.258 e. The Hall–Kier alpha value is -2.92. The molecule has 5 nitrogen and oxygen atoms in total. The zero-order valence-electron chi connectivity index (χ0n) is 16.7. The molecule has 3 aromatic rings.